The van der Waals surface area contributed by atoms with E-state index in [1.807, 2.05) is 30.3 Å². The number of amides is 1. The van der Waals surface area contributed by atoms with Crippen LogP contribution in [0.1, 0.15) is 18.1 Å². The lowest BCUT2D eigenvalue weighted by Crippen LogP contribution is -2.34. The Morgan fingerprint density at radius 2 is 2.05 bits per heavy atom. The quantitative estimate of drug-likeness (QED) is 0.687. The lowest BCUT2D eigenvalue weighted by Gasteiger charge is -2.15. The van der Waals surface area contributed by atoms with E-state index in [4.69, 9.17) is 10.5 Å². The van der Waals surface area contributed by atoms with Crippen molar-refractivity contribution in [3.63, 3.8) is 0 Å². The number of ether oxygens (including phenoxy) is 1. The number of methoxy groups -OCH3 is 1. The molecule has 1 aromatic carbocycles. The molecule has 0 saturated heterocycles. The minimum absolute atomic E-state index is 0. The zero-order chi connectivity index (χ0) is 13.4. The number of aliphatic hydroxyl groups is 1. The second-order valence-corrected chi connectivity index (χ2v) is 4.03. The van der Waals surface area contributed by atoms with Crippen molar-refractivity contribution in [3.8, 4) is 0 Å². The van der Waals surface area contributed by atoms with E-state index in [9.17, 15) is 9.90 Å². The third kappa shape index (κ3) is 6.54. The predicted molar refractivity (Wildman–Crippen MR) is 76.1 cm³/mol. The van der Waals surface area contributed by atoms with Gasteiger partial charge < -0.3 is 20.9 Å². The summed E-state index contributed by atoms with van der Waals surface area (Å²) in [4.78, 5) is 11.5. The molecule has 6 heteroatoms. The molecular weight excluding hydrogens is 268 g/mol. The summed E-state index contributed by atoms with van der Waals surface area (Å²) in [5.41, 5.74) is 6.20. The zero-order valence-corrected chi connectivity index (χ0v) is 11.7. The Morgan fingerprint density at radius 1 is 1.42 bits per heavy atom. The molecule has 0 bridgehead atoms. The molecule has 0 aromatic heterocycles. The summed E-state index contributed by atoms with van der Waals surface area (Å²) in [6, 6.07) is 9.19. The van der Waals surface area contributed by atoms with E-state index in [2.05, 4.69) is 5.32 Å². The number of halogens is 1. The highest BCUT2D eigenvalue weighted by molar-refractivity contribution is 5.85. The van der Waals surface area contributed by atoms with E-state index in [1.54, 1.807) is 0 Å². The summed E-state index contributed by atoms with van der Waals surface area (Å²) in [5, 5.41) is 12.5. The first kappa shape index (κ1) is 17.9. The Morgan fingerprint density at radius 3 is 2.58 bits per heavy atom. The van der Waals surface area contributed by atoms with Crippen LogP contribution in [0.2, 0.25) is 0 Å². The van der Waals surface area contributed by atoms with E-state index in [0.717, 1.165) is 5.56 Å². The van der Waals surface area contributed by atoms with Gasteiger partial charge in [0, 0.05) is 20.2 Å². The van der Waals surface area contributed by atoms with Crippen LogP contribution in [-0.4, -0.2) is 37.3 Å². The van der Waals surface area contributed by atoms with Gasteiger partial charge >= 0.3 is 0 Å². The fourth-order valence-electron chi connectivity index (χ4n) is 1.55. The number of nitrogens with two attached hydrogens (primary N) is 1. The maximum Gasteiger partial charge on any atom is 0.222 e. The summed E-state index contributed by atoms with van der Waals surface area (Å²) in [6.45, 7) is 0.481. The molecule has 0 aliphatic carbocycles. The molecule has 5 nitrogen and oxygen atoms in total. The maximum atomic E-state index is 11.5. The van der Waals surface area contributed by atoms with Gasteiger partial charge in [0.1, 0.15) is 0 Å². The Labute approximate surface area is 119 Å². The van der Waals surface area contributed by atoms with Crippen molar-refractivity contribution in [2.75, 3.05) is 20.2 Å². The number of rotatable bonds is 7. The van der Waals surface area contributed by atoms with Crippen LogP contribution >= 0.6 is 12.4 Å². The largest absolute Gasteiger partial charge is 0.387 e. The number of nitrogens with one attached hydrogen (secondary N) is 1. The average Bonchev–Trinajstić information content (AvgIpc) is 2.43. The number of benzene rings is 1. The topological polar surface area (TPSA) is 84.6 Å². The van der Waals surface area contributed by atoms with E-state index in [-0.39, 0.29) is 37.4 Å². The molecule has 0 heterocycles. The summed E-state index contributed by atoms with van der Waals surface area (Å²) in [5.74, 6) is -0.178. The van der Waals surface area contributed by atoms with Crippen molar-refractivity contribution in [2.45, 2.75) is 18.6 Å². The molecule has 1 aromatic rings. The van der Waals surface area contributed by atoms with Crippen LogP contribution in [0.3, 0.4) is 0 Å². The SMILES string of the molecule is COC(CN)CC(=O)NCC(O)c1ccccc1.Cl. The van der Waals surface area contributed by atoms with E-state index in [0.29, 0.717) is 6.54 Å². The van der Waals surface area contributed by atoms with Gasteiger partial charge in [0.05, 0.1) is 18.6 Å². The minimum atomic E-state index is -0.700. The Balaban J connectivity index is 0.00000324. The first-order valence-electron chi connectivity index (χ1n) is 5.90. The van der Waals surface area contributed by atoms with Gasteiger partial charge in [0.25, 0.3) is 0 Å². The van der Waals surface area contributed by atoms with Crippen LogP contribution in [-0.2, 0) is 9.53 Å². The third-order valence-electron chi connectivity index (χ3n) is 2.69. The van der Waals surface area contributed by atoms with Gasteiger partial charge in [0.2, 0.25) is 5.91 Å². The van der Waals surface area contributed by atoms with E-state index >= 15 is 0 Å². The third-order valence-corrected chi connectivity index (χ3v) is 2.69. The van der Waals surface area contributed by atoms with Crippen LogP contribution in [0.4, 0.5) is 0 Å². The molecule has 1 amide bonds. The van der Waals surface area contributed by atoms with Crippen LogP contribution in [0, 0.1) is 0 Å². The van der Waals surface area contributed by atoms with Crippen molar-refractivity contribution in [1.29, 1.82) is 0 Å². The van der Waals surface area contributed by atoms with Gasteiger partial charge in [-0.1, -0.05) is 30.3 Å². The molecule has 2 atom stereocenters. The van der Waals surface area contributed by atoms with Crippen molar-refractivity contribution in [2.24, 2.45) is 5.73 Å². The summed E-state index contributed by atoms with van der Waals surface area (Å²) >= 11 is 0. The fourth-order valence-corrected chi connectivity index (χ4v) is 1.55. The minimum Gasteiger partial charge on any atom is -0.387 e. The molecule has 0 saturated carbocycles. The smallest absolute Gasteiger partial charge is 0.222 e. The van der Waals surface area contributed by atoms with Crippen molar-refractivity contribution < 1.29 is 14.6 Å². The monoisotopic (exact) mass is 288 g/mol. The van der Waals surface area contributed by atoms with Gasteiger partial charge in [-0.05, 0) is 5.56 Å². The zero-order valence-electron chi connectivity index (χ0n) is 10.9. The van der Waals surface area contributed by atoms with Gasteiger partial charge in [-0.15, -0.1) is 12.4 Å². The molecule has 0 spiro atoms. The van der Waals surface area contributed by atoms with Gasteiger partial charge in [-0.25, -0.2) is 0 Å². The predicted octanol–water partition coefficient (Wildman–Crippen LogP) is 0.622. The molecule has 19 heavy (non-hydrogen) atoms. The molecule has 0 aliphatic rings. The van der Waals surface area contributed by atoms with Crippen molar-refractivity contribution in [1.82, 2.24) is 5.32 Å². The summed E-state index contributed by atoms with van der Waals surface area (Å²) in [7, 11) is 1.52. The second-order valence-electron chi connectivity index (χ2n) is 4.03. The van der Waals surface area contributed by atoms with E-state index < -0.39 is 6.10 Å². The highest BCUT2D eigenvalue weighted by Crippen LogP contribution is 2.10. The lowest BCUT2D eigenvalue weighted by atomic mass is 10.1. The molecule has 0 radical (unpaired) electrons. The van der Waals surface area contributed by atoms with Crippen LogP contribution in [0.25, 0.3) is 0 Å². The number of carbonyl (C=O) groups excluding carboxylic acids is 1. The Hall–Kier alpha value is -1.14. The summed E-state index contributed by atoms with van der Waals surface area (Å²) < 4.78 is 5.01. The second kappa shape index (κ2) is 9.75. The molecule has 2 unspecified atom stereocenters. The number of carbonyl (C=O) groups is 1. The van der Waals surface area contributed by atoms with E-state index in [1.165, 1.54) is 7.11 Å². The first-order valence-corrected chi connectivity index (χ1v) is 5.90. The molecule has 4 N–H and O–H groups in total. The van der Waals surface area contributed by atoms with Gasteiger partial charge in [-0.2, -0.15) is 0 Å². The highest BCUT2D eigenvalue weighted by atomic mass is 35.5. The molecule has 108 valence electrons. The Bertz CT molecular complexity index is 358. The maximum absolute atomic E-state index is 11.5. The van der Waals surface area contributed by atoms with Crippen LogP contribution in [0.5, 0.6) is 0 Å². The fraction of sp³-hybridized carbons (Fsp3) is 0.462. The van der Waals surface area contributed by atoms with Crippen molar-refractivity contribution >= 4 is 18.3 Å². The molecule has 0 fully saturated rings. The number of aliphatic hydroxyl groups excluding tert-OH is 1. The Kier molecular flexibility index (Phi) is 9.16. The lowest BCUT2D eigenvalue weighted by molar-refractivity contribution is -0.123. The van der Waals surface area contributed by atoms with Crippen LogP contribution in [0.15, 0.2) is 30.3 Å². The highest BCUT2D eigenvalue weighted by Gasteiger charge is 2.13. The van der Waals surface area contributed by atoms with Gasteiger partial charge in [0.15, 0.2) is 0 Å². The average molecular weight is 289 g/mol. The molecule has 1 rings (SSSR count). The van der Waals surface area contributed by atoms with Crippen LogP contribution < -0.4 is 11.1 Å². The number of hydrogen-bond acceptors (Lipinski definition) is 4. The van der Waals surface area contributed by atoms with Gasteiger partial charge in [-0.3, -0.25) is 4.79 Å². The first-order chi connectivity index (χ1) is 8.67. The summed E-state index contributed by atoms with van der Waals surface area (Å²) in [6.07, 6.45) is -0.776. The molecule has 0 aliphatic heterocycles. The normalized spacial score (nSPS) is 13.2. The molecular formula is C13H21ClN2O3. The number of hydrogen-bond donors (Lipinski definition) is 3. The van der Waals surface area contributed by atoms with Crippen molar-refractivity contribution in [3.05, 3.63) is 35.9 Å². The standard InChI is InChI=1S/C13H20N2O3.ClH/c1-18-11(8-14)7-13(17)15-9-12(16)10-5-3-2-4-6-10;/h2-6,11-12,16H,7-9,14H2,1H3,(H,15,17);1H.